The van der Waals surface area contributed by atoms with E-state index in [1.54, 1.807) is 6.07 Å². The number of aryl methyl sites for hydroxylation is 2. The van der Waals surface area contributed by atoms with E-state index in [0.29, 0.717) is 17.6 Å². The zero-order valence-corrected chi connectivity index (χ0v) is 15.6. The fourth-order valence-electron chi connectivity index (χ4n) is 3.57. The van der Waals surface area contributed by atoms with Crippen molar-refractivity contribution >= 4 is 11.7 Å². The number of aromatic nitrogens is 4. The van der Waals surface area contributed by atoms with Gasteiger partial charge in [-0.05, 0) is 51.4 Å². The highest BCUT2D eigenvalue weighted by molar-refractivity contribution is 6.02. The first-order valence-corrected chi connectivity index (χ1v) is 9.30. The summed E-state index contributed by atoms with van der Waals surface area (Å²) in [5.41, 5.74) is 4.70. The number of amides is 1. The van der Waals surface area contributed by atoms with E-state index in [4.69, 9.17) is 0 Å². The molecule has 0 radical (unpaired) electrons. The number of hydrogen-bond donors (Lipinski definition) is 3. The summed E-state index contributed by atoms with van der Waals surface area (Å²) < 4.78 is 1.88. The number of aromatic amines is 1. The summed E-state index contributed by atoms with van der Waals surface area (Å²) in [5, 5.41) is 17.8. The maximum Gasteiger partial charge on any atom is 0.277 e. The maximum absolute atomic E-state index is 12.5. The van der Waals surface area contributed by atoms with E-state index in [9.17, 15) is 4.79 Å². The lowest BCUT2D eigenvalue weighted by atomic mass is 10.1. The first-order chi connectivity index (χ1) is 13.1. The third kappa shape index (κ3) is 3.93. The lowest BCUT2D eigenvalue weighted by Gasteiger charge is -2.22. The van der Waals surface area contributed by atoms with Gasteiger partial charge in [0.15, 0.2) is 11.5 Å². The smallest absolute Gasteiger partial charge is 0.277 e. The molecule has 4 rings (SSSR count). The lowest BCUT2D eigenvalue weighted by Crippen LogP contribution is -2.32. The Kier molecular flexibility index (Phi) is 4.77. The SMILES string of the molecule is Cc1cc(C)cc(-c2cc(NC(=O)c3ccn(C4CCCNC4)n3)n[nH]2)c1. The summed E-state index contributed by atoms with van der Waals surface area (Å²) in [5.74, 6) is 0.235. The Morgan fingerprint density at radius 1 is 1.22 bits per heavy atom. The van der Waals surface area contributed by atoms with Crippen LogP contribution in [0.4, 0.5) is 5.82 Å². The van der Waals surface area contributed by atoms with E-state index in [1.165, 1.54) is 11.1 Å². The molecule has 140 valence electrons. The van der Waals surface area contributed by atoms with Crippen LogP contribution >= 0.6 is 0 Å². The van der Waals surface area contributed by atoms with Crippen molar-refractivity contribution < 1.29 is 4.79 Å². The number of anilines is 1. The molecule has 0 aliphatic carbocycles. The number of rotatable bonds is 4. The van der Waals surface area contributed by atoms with Crippen LogP contribution in [0, 0.1) is 13.8 Å². The highest BCUT2D eigenvalue weighted by atomic mass is 16.2. The van der Waals surface area contributed by atoms with E-state index in [-0.39, 0.29) is 5.91 Å². The predicted octanol–water partition coefficient (Wildman–Crippen LogP) is 3.07. The van der Waals surface area contributed by atoms with Crippen molar-refractivity contribution in [1.82, 2.24) is 25.3 Å². The van der Waals surface area contributed by atoms with Gasteiger partial charge in [0.05, 0.1) is 11.7 Å². The molecule has 0 saturated carbocycles. The number of benzene rings is 1. The van der Waals surface area contributed by atoms with E-state index >= 15 is 0 Å². The summed E-state index contributed by atoms with van der Waals surface area (Å²) in [6, 6.07) is 10.2. The van der Waals surface area contributed by atoms with Crippen molar-refractivity contribution in [2.24, 2.45) is 0 Å². The summed E-state index contributed by atoms with van der Waals surface area (Å²) in [6.07, 6.45) is 4.08. The van der Waals surface area contributed by atoms with Gasteiger partial charge in [-0.3, -0.25) is 14.6 Å². The molecule has 1 saturated heterocycles. The summed E-state index contributed by atoms with van der Waals surface area (Å²) in [4.78, 5) is 12.5. The Hall–Kier alpha value is -2.93. The topological polar surface area (TPSA) is 87.6 Å². The van der Waals surface area contributed by atoms with Crippen LogP contribution < -0.4 is 10.6 Å². The molecular weight excluding hydrogens is 340 g/mol. The van der Waals surface area contributed by atoms with Crippen LogP contribution in [-0.4, -0.2) is 39.0 Å². The second-order valence-electron chi connectivity index (χ2n) is 7.18. The molecule has 27 heavy (non-hydrogen) atoms. The molecule has 3 heterocycles. The molecule has 1 aliphatic rings. The van der Waals surface area contributed by atoms with Crippen LogP contribution in [0.15, 0.2) is 36.5 Å². The quantitative estimate of drug-likeness (QED) is 0.664. The Labute approximate surface area is 158 Å². The third-order valence-electron chi connectivity index (χ3n) is 4.84. The van der Waals surface area contributed by atoms with E-state index < -0.39 is 0 Å². The molecule has 2 aromatic heterocycles. The van der Waals surface area contributed by atoms with Crippen LogP contribution in [0.2, 0.25) is 0 Å². The predicted molar refractivity (Wildman–Crippen MR) is 105 cm³/mol. The van der Waals surface area contributed by atoms with Gasteiger partial charge in [-0.2, -0.15) is 10.2 Å². The maximum atomic E-state index is 12.5. The average Bonchev–Trinajstić information content (AvgIpc) is 3.31. The van der Waals surface area contributed by atoms with Crippen LogP contribution in [0.25, 0.3) is 11.3 Å². The van der Waals surface area contributed by atoms with Gasteiger partial charge in [0.25, 0.3) is 5.91 Å². The Balaban J connectivity index is 1.46. The lowest BCUT2D eigenvalue weighted by molar-refractivity contribution is 0.102. The van der Waals surface area contributed by atoms with Gasteiger partial charge in [-0.25, -0.2) is 0 Å². The molecule has 7 nitrogen and oxygen atoms in total. The third-order valence-corrected chi connectivity index (χ3v) is 4.84. The van der Waals surface area contributed by atoms with Crippen molar-refractivity contribution in [3.8, 4) is 11.3 Å². The molecule has 3 aromatic rings. The number of carbonyl (C=O) groups is 1. The van der Waals surface area contributed by atoms with Gasteiger partial charge in [0.1, 0.15) is 0 Å². The molecule has 1 atom stereocenters. The fraction of sp³-hybridized carbons (Fsp3) is 0.350. The highest BCUT2D eigenvalue weighted by Crippen LogP contribution is 2.23. The van der Waals surface area contributed by atoms with Gasteiger partial charge >= 0.3 is 0 Å². The standard InChI is InChI=1S/C20H24N6O/c1-13-8-14(2)10-15(9-13)18-11-19(24-23-18)22-20(27)17-5-7-26(25-17)16-4-3-6-21-12-16/h5,7-11,16,21H,3-4,6,12H2,1-2H3,(H2,22,23,24,27). The minimum absolute atomic E-state index is 0.254. The van der Waals surface area contributed by atoms with Gasteiger partial charge < -0.3 is 10.6 Å². The number of nitrogens with zero attached hydrogens (tertiary/aromatic N) is 3. The summed E-state index contributed by atoms with van der Waals surface area (Å²) in [6.45, 7) is 6.07. The Morgan fingerprint density at radius 2 is 2.04 bits per heavy atom. The molecule has 3 N–H and O–H groups in total. The van der Waals surface area contributed by atoms with Crippen LogP contribution in [-0.2, 0) is 0 Å². The second kappa shape index (κ2) is 7.36. The van der Waals surface area contributed by atoms with Crippen molar-refractivity contribution in [3.63, 3.8) is 0 Å². The van der Waals surface area contributed by atoms with Crippen LogP contribution in [0.5, 0.6) is 0 Å². The van der Waals surface area contributed by atoms with Gasteiger partial charge in [-0.15, -0.1) is 0 Å². The second-order valence-corrected chi connectivity index (χ2v) is 7.18. The zero-order valence-electron chi connectivity index (χ0n) is 15.6. The largest absolute Gasteiger partial charge is 0.315 e. The number of H-pyrrole nitrogens is 1. The van der Waals surface area contributed by atoms with Crippen molar-refractivity contribution in [2.75, 3.05) is 18.4 Å². The highest BCUT2D eigenvalue weighted by Gasteiger charge is 2.18. The summed E-state index contributed by atoms with van der Waals surface area (Å²) in [7, 11) is 0. The molecule has 0 spiro atoms. The fourth-order valence-corrected chi connectivity index (χ4v) is 3.57. The van der Waals surface area contributed by atoms with Gasteiger partial charge in [-0.1, -0.05) is 17.2 Å². The van der Waals surface area contributed by atoms with Crippen molar-refractivity contribution in [3.05, 3.63) is 53.3 Å². The molecule has 1 unspecified atom stereocenters. The molecular formula is C20H24N6O. The number of carbonyl (C=O) groups excluding carboxylic acids is 1. The minimum atomic E-state index is -0.254. The Morgan fingerprint density at radius 3 is 2.78 bits per heavy atom. The first-order valence-electron chi connectivity index (χ1n) is 9.30. The van der Waals surface area contributed by atoms with Crippen LogP contribution in [0.1, 0.15) is 40.5 Å². The van der Waals surface area contributed by atoms with E-state index in [1.807, 2.05) is 16.9 Å². The Bertz CT molecular complexity index is 931. The molecule has 7 heteroatoms. The number of piperidine rings is 1. The van der Waals surface area contributed by atoms with Gasteiger partial charge in [0.2, 0.25) is 0 Å². The number of nitrogens with one attached hydrogen (secondary N) is 3. The monoisotopic (exact) mass is 364 g/mol. The summed E-state index contributed by atoms with van der Waals surface area (Å²) >= 11 is 0. The molecule has 0 bridgehead atoms. The number of hydrogen-bond acceptors (Lipinski definition) is 4. The van der Waals surface area contributed by atoms with Crippen molar-refractivity contribution in [2.45, 2.75) is 32.7 Å². The van der Waals surface area contributed by atoms with Gasteiger partial charge in [0, 0.05) is 24.4 Å². The molecule has 1 aliphatic heterocycles. The average molecular weight is 364 g/mol. The zero-order chi connectivity index (χ0) is 18.8. The molecule has 1 fully saturated rings. The minimum Gasteiger partial charge on any atom is -0.315 e. The van der Waals surface area contributed by atoms with E-state index in [2.05, 4.69) is 58.0 Å². The van der Waals surface area contributed by atoms with Crippen LogP contribution in [0.3, 0.4) is 0 Å². The first kappa shape index (κ1) is 17.5. The van der Waals surface area contributed by atoms with Crippen molar-refractivity contribution in [1.29, 1.82) is 0 Å². The van der Waals surface area contributed by atoms with E-state index in [0.717, 1.165) is 37.2 Å². The molecule has 1 amide bonds. The normalized spacial score (nSPS) is 17.0. The molecule has 1 aromatic carbocycles.